The molecular weight excluding hydrogens is 388 g/mol. The molecule has 0 fully saturated rings. The van der Waals surface area contributed by atoms with Gasteiger partial charge in [-0.2, -0.15) is 0 Å². The van der Waals surface area contributed by atoms with Gasteiger partial charge in [0.05, 0.1) is 6.54 Å². The third-order valence-corrected chi connectivity index (χ3v) is 4.13. The van der Waals surface area contributed by atoms with Crippen LogP contribution in [-0.2, 0) is 9.59 Å². The summed E-state index contributed by atoms with van der Waals surface area (Å²) in [5, 5.41) is 5.31. The fourth-order valence-electron chi connectivity index (χ4n) is 2.24. The van der Waals surface area contributed by atoms with Crippen LogP contribution in [0, 0.1) is 6.92 Å². The molecule has 0 aliphatic heterocycles. The normalized spacial score (nSPS) is 10.2. The minimum atomic E-state index is -0.539. The SMILES string of the molecule is Cc1cc(Br)ccc1NC(=O)CN(C)C(=O)CCCCCNC(N)=O. The quantitative estimate of drug-likeness (QED) is 0.542. The Morgan fingerprint density at radius 2 is 1.92 bits per heavy atom. The molecule has 0 atom stereocenters. The molecule has 0 radical (unpaired) electrons. The number of nitrogens with one attached hydrogen (secondary N) is 2. The third-order valence-electron chi connectivity index (χ3n) is 3.64. The summed E-state index contributed by atoms with van der Waals surface area (Å²) < 4.78 is 0.946. The van der Waals surface area contributed by atoms with Crippen LogP contribution in [0.5, 0.6) is 0 Å². The Labute approximate surface area is 156 Å². The second kappa shape index (κ2) is 10.7. The molecule has 8 heteroatoms. The maximum atomic E-state index is 12.1. The Bertz CT molecular complexity index is 622. The first kappa shape index (κ1) is 21.0. The van der Waals surface area contributed by atoms with Gasteiger partial charge in [-0.15, -0.1) is 0 Å². The van der Waals surface area contributed by atoms with Crippen molar-refractivity contribution in [3.63, 3.8) is 0 Å². The summed E-state index contributed by atoms with van der Waals surface area (Å²) in [6.45, 7) is 2.42. The Hall–Kier alpha value is -2.09. The van der Waals surface area contributed by atoms with Crippen LogP contribution < -0.4 is 16.4 Å². The van der Waals surface area contributed by atoms with E-state index < -0.39 is 6.03 Å². The third kappa shape index (κ3) is 8.53. The van der Waals surface area contributed by atoms with Gasteiger partial charge in [-0.25, -0.2) is 4.79 Å². The number of urea groups is 1. The highest BCUT2D eigenvalue weighted by Gasteiger charge is 2.13. The van der Waals surface area contributed by atoms with Crippen LogP contribution in [0.25, 0.3) is 0 Å². The molecule has 1 aromatic rings. The number of hydrogen-bond acceptors (Lipinski definition) is 3. The number of likely N-dealkylation sites (N-methyl/N-ethyl adjacent to an activating group) is 1. The standard InChI is InChI=1S/C17H25BrN4O3/c1-12-10-13(18)7-8-14(12)21-15(23)11-22(2)16(24)6-4-3-5-9-20-17(19)25/h7-8,10H,3-6,9,11H2,1-2H3,(H,21,23)(H3,19,20,25). The molecule has 0 unspecified atom stereocenters. The maximum absolute atomic E-state index is 12.1. The van der Waals surface area contributed by atoms with E-state index >= 15 is 0 Å². The number of rotatable bonds is 9. The van der Waals surface area contributed by atoms with Crippen molar-refractivity contribution in [2.24, 2.45) is 5.73 Å². The van der Waals surface area contributed by atoms with E-state index in [2.05, 4.69) is 26.6 Å². The monoisotopic (exact) mass is 412 g/mol. The Morgan fingerprint density at radius 3 is 2.56 bits per heavy atom. The van der Waals surface area contributed by atoms with E-state index in [0.29, 0.717) is 19.4 Å². The van der Waals surface area contributed by atoms with E-state index in [9.17, 15) is 14.4 Å². The van der Waals surface area contributed by atoms with Crippen molar-refractivity contribution >= 4 is 39.5 Å². The molecule has 0 saturated carbocycles. The number of hydrogen-bond donors (Lipinski definition) is 3. The average Bonchev–Trinajstić information content (AvgIpc) is 2.52. The topological polar surface area (TPSA) is 105 Å². The summed E-state index contributed by atoms with van der Waals surface area (Å²) in [6, 6.07) is 5.05. The van der Waals surface area contributed by atoms with Crippen molar-refractivity contribution < 1.29 is 14.4 Å². The number of carbonyl (C=O) groups is 3. The van der Waals surface area contributed by atoms with Gasteiger partial charge in [-0.1, -0.05) is 22.4 Å². The predicted molar refractivity (Wildman–Crippen MR) is 101 cm³/mol. The number of primary amides is 1. The van der Waals surface area contributed by atoms with Gasteiger partial charge >= 0.3 is 6.03 Å². The fourth-order valence-corrected chi connectivity index (χ4v) is 2.72. The van der Waals surface area contributed by atoms with Crippen molar-refractivity contribution in [3.8, 4) is 0 Å². The number of benzene rings is 1. The van der Waals surface area contributed by atoms with Crippen molar-refractivity contribution in [1.82, 2.24) is 10.2 Å². The van der Waals surface area contributed by atoms with Crippen LogP contribution in [0.1, 0.15) is 31.2 Å². The van der Waals surface area contributed by atoms with Crippen LogP contribution in [0.3, 0.4) is 0 Å². The molecule has 4 N–H and O–H groups in total. The smallest absolute Gasteiger partial charge is 0.312 e. The molecule has 0 aromatic heterocycles. The highest BCUT2D eigenvalue weighted by atomic mass is 79.9. The van der Waals surface area contributed by atoms with Crippen LogP contribution in [0.15, 0.2) is 22.7 Å². The number of halogens is 1. The molecule has 0 aliphatic carbocycles. The van der Waals surface area contributed by atoms with Crippen molar-refractivity contribution in [2.45, 2.75) is 32.6 Å². The van der Waals surface area contributed by atoms with Gasteiger partial charge in [0.1, 0.15) is 0 Å². The van der Waals surface area contributed by atoms with Crippen LogP contribution >= 0.6 is 15.9 Å². The maximum Gasteiger partial charge on any atom is 0.312 e. The molecule has 0 saturated heterocycles. The molecule has 0 spiro atoms. The lowest BCUT2D eigenvalue weighted by molar-refractivity contribution is -0.133. The number of nitrogens with zero attached hydrogens (tertiary/aromatic N) is 1. The summed E-state index contributed by atoms with van der Waals surface area (Å²) >= 11 is 3.38. The molecule has 0 heterocycles. The van der Waals surface area contributed by atoms with E-state index in [1.54, 1.807) is 7.05 Å². The van der Waals surface area contributed by atoms with Gasteiger partial charge in [-0.3, -0.25) is 9.59 Å². The highest BCUT2D eigenvalue weighted by Crippen LogP contribution is 2.19. The van der Waals surface area contributed by atoms with E-state index in [-0.39, 0.29) is 18.4 Å². The summed E-state index contributed by atoms with van der Waals surface area (Å²) in [6.07, 6.45) is 2.65. The van der Waals surface area contributed by atoms with Gasteiger partial charge in [0.15, 0.2) is 0 Å². The molecule has 1 aromatic carbocycles. The first-order valence-corrected chi connectivity index (χ1v) is 8.92. The molecule has 0 aliphatic rings. The Kier molecular flexibility index (Phi) is 8.98. The van der Waals surface area contributed by atoms with E-state index in [1.165, 1.54) is 4.90 Å². The van der Waals surface area contributed by atoms with Crippen molar-refractivity contribution in [1.29, 1.82) is 0 Å². The van der Waals surface area contributed by atoms with Gasteiger partial charge in [0.25, 0.3) is 0 Å². The predicted octanol–water partition coefficient (Wildman–Crippen LogP) is 2.38. The number of amides is 4. The lowest BCUT2D eigenvalue weighted by atomic mass is 10.2. The first-order chi connectivity index (χ1) is 11.8. The number of aryl methyl sites for hydroxylation is 1. The molecule has 7 nitrogen and oxygen atoms in total. The molecular formula is C17H25BrN4O3. The van der Waals surface area contributed by atoms with E-state index in [1.807, 2.05) is 25.1 Å². The minimum Gasteiger partial charge on any atom is -0.352 e. The Balaban J connectivity index is 2.29. The zero-order valence-corrected chi connectivity index (χ0v) is 16.2. The number of carbonyl (C=O) groups excluding carboxylic acids is 3. The zero-order chi connectivity index (χ0) is 18.8. The largest absolute Gasteiger partial charge is 0.352 e. The number of nitrogens with two attached hydrogens (primary N) is 1. The lowest BCUT2D eigenvalue weighted by Gasteiger charge is -2.17. The van der Waals surface area contributed by atoms with Gasteiger partial charge in [0, 0.05) is 30.2 Å². The van der Waals surface area contributed by atoms with Crippen LogP contribution in [0.2, 0.25) is 0 Å². The number of unbranched alkanes of at least 4 members (excludes halogenated alkanes) is 2. The zero-order valence-electron chi connectivity index (χ0n) is 14.6. The summed E-state index contributed by atoms with van der Waals surface area (Å²) in [5.41, 5.74) is 6.64. The molecule has 1 rings (SSSR count). The summed E-state index contributed by atoms with van der Waals surface area (Å²) in [4.78, 5) is 36.0. The van der Waals surface area contributed by atoms with Crippen LogP contribution in [0.4, 0.5) is 10.5 Å². The number of anilines is 1. The highest BCUT2D eigenvalue weighted by molar-refractivity contribution is 9.10. The molecule has 138 valence electrons. The molecule has 25 heavy (non-hydrogen) atoms. The first-order valence-electron chi connectivity index (χ1n) is 8.13. The molecule has 4 amide bonds. The molecule has 0 bridgehead atoms. The van der Waals surface area contributed by atoms with Crippen LogP contribution in [-0.4, -0.2) is 42.9 Å². The van der Waals surface area contributed by atoms with Gasteiger partial charge < -0.3 is 21.3 Å². The van der Waals surface area contributed by atoms with Gasteiger partial charge in [0.2, 0.25) is 11.8 Å². The van der Waals surface area contributed by atoms with Gasteiger partial charge in [-0.05, 0) is 43.5 Å². The Morgan fingerprint density at radius 1 is 1.20 bits per heavy atom. The average molecular weight is 413 g/mol. The summed E-state index contributed by atoms with van der Waals surface area (Å²) in [5.74, 6) is -0.308. The van der Waals surface area contributed by atoms with Crippen molar-refractivity contribution in [2.75, 3.05) is 25.5 Å². The van der Waals surface area contributed by atoms with E-state index in [0.717, 1.165) is 28.6 Å². The fraction of sp³-hybridized carbons (Fsp3) is 0.471. The lowest BCUT2D eigenvalue weighted by Crippen LogP contribution is -2.35. The van der Waals surface area contributed by atoms with E-state index in [4.69, 9.17) is 5.73 Å². The summed E-state index contributed by atoms with van der Waals surface area (Å²) in [7, 11) is 1.62. The van der Waals surface area contributed by atoms with Crippen molar-refractivity contribution in [3.05, 3.63) is 28.2 Å². The second-order valence-corrected chi connectivity index (χ2v) is 6.77. The minimum absolute atomic E-state index is 0.0115. The second-order valence-electron chi connectivity index (χ2n) is 5.86.